The largest absolute Gasteiger partial charge is 0.384 e. The van der Waals surface area contributed by atoms with Crippen LogP contribution in [0.25, 0.3) is 0 Å². The smallest absolute Gasteiger partial charge is 0.103 e. The Bertz CT molecular complexity index is 364. The summed E-state index contributed by atoms with van der Waals surface area (Å²) in [5, 5.41) is 19.3. The van der Waals surface area contributed by atoms with E-state index < -0.39 is 5.60 Å². The van der Waals surface area contributed by atoms with Crippen molar-refractivity contribution in [3.63, 3.8) is 0 Å². The molecule has 0 aromatic heterocycles. The summed E-state index contributed by atoms with van der Waals surface area (Å²) < 4.78 is 1.12. The van der Waals surface area contributed by atoms with E-state index in [1.54, 1.807) is 6.92 Å². The zero-order chi connectivity index (χ0) is 11.5. The molecule has 1 aromatic rings. The van der Waals surface area contributed by atoms with Crippen molar-refractivity contribution in [2.75, 3.05) is 0 Å². The van der Waals surface area contributed by atoms with E-state index in [1.165, 1.54) is 0 Å². The van der Waals surface area contributed by atoms with Crippen LogP contribution >= 0.6 is 22.6 Å². The molecule has 1 N–H and O–H groups in total. The molecule has 0 fully saturated rings. The van der Waals surface area contributed by atoms with Gasteiger partial charge in [-0.05, 0) is 53.6 Å². The Morgan fingerprint density at radius 1 is 1.47 bits per heavy atom. The first-order valence-electron chi connectivity index (χ1n) is 4.90. The molecule has 15 heavy (non-hydrogen) atoms. The van der Waals surface area contributed by atoms with Crippen molar-refractivity contribution in [3.05, 3.63) is 33.4 Å². The fourth-order valence-corrected chi connectivity index (χ4v) is 1.96. The Labute approximate surface area is 104 Å². The van der Waals surface area contributed by atoms with Crippen LogP contribution in [0.15, 0.2) is 24.3 Å². The molecule has 1 aromatic carbocycles. The number of nitrogens with zero attached hydrogens (tertiary/aromatic N) is 1. The normalized spacial score (nSPS) is 16.5. The molecular weight excluding hydrogens is 301 g/mol. The number of aliphatic hydroxyl groups is 1. The maximum Gasteiger partial charge on any atom is 0.103 e. The van der Waals surface area contributed by atoms with Crippen molar-refractivity contribution in [2.24, 2.45) is 5.92 Å². The Hall–Kier alpha value is -0.600. The molecule has 0 saturated carbocycles. The van der Waals surface area contributed by atoms with Crippen LogP contribution in [-0.4, -0.2) is 5.11 Å². The second-order valence-corrected chi connectivity index (χ2v) is 4.99. The van der Waals surface area contributed by atoms with Crippen molar-refractivity contribution in [1.82, 2.24) is 0 Å². The lowest BCUT2D eigenvalue weighted by Crippen LogP contribution is -2.30. The second-order valence-electron chi connectivity index (χ2n) is 3.74. The molecule has 2 atom stereocenters. The summed E-state index contributed by atoms with van der Waals surface area (Å²) in [5.41, 5.74) is -0.260. The van der Waals surface area contributed by atoms with Gasteiger partial charge in [0, 0.05) is 3.57 Å². The minimum absolute atomic E-state index is 0.363. The Morgan fingerprint density at radius 2 is 2.00 bits per heavy atom. The zero-order valence-corrected chi connectivity index (χ0v) is 11.0. The van der Waals surface area contributed by atoms with Crippen molar-refractivity contribution in [1.29, 1.82) is 5.26 Å². The van der Waals surface area contributed by atoms with Crippen LogP contribution in [0.3, 0.4) is 0 Å². The van der Waals surface area contributed by atoms with Gasteiger partial charge in [0.1, 0.15) is 5.60 Å². The van der Waals surface area contributed by atoms with Crippen molar-refractivity contribution >= 4 is 22.6 Å². The van der Waals surface area contributed by atoms with Crippen LogP contribution in [-0.2, 0) is 5.60 Å². The molecule has 0 spiro atoms. The van der Waals surface area contributed by atoms with E-state index in [2.05, 4.69) is 28.7 Å². The average Bonchev–Trinajstić information content (AvgIpc) is 2.19. The van der Waals surface area contributed by atoms with Gasteiger partial charge in [-0.15, -0.1) is 0 Å². The van der Waals surface area contributed by atoms with E-state index in [4.69, 9.17) is 5.26 Å². The first kappa shape index (κ1) is 12.5. The number of benzene rings is 1. The lowest BCUT2D eigenvalue weighted by molar-refractivity contribution is 0.0151. The summed E-state index contributed by atoms with van der Waals surface area (Å²) in [6.07, 6.45) is 0.648. The topological polar surface area (TPSA) is 44.0 Å². The minimum Gasteiger partial charge on any atom is -0.384 e. The predicted octanol–water partition coefficient (Wildman–Crippen LogP) is 3.05. The third kappa shape index (κ3) is 2.70. The Kier molecular flexibility index (Phi) is 4.12. The molecule has 0 bridgehead atoms. The van der Waals surface area contributed by atoms with Gasteiger partial charge in [0.05, 0.1) is 12.0 Å². The van der Waals surface area contributed by atoms with Gasteiger partial charge >= 0.3 is 0 Å². The molecule has 0 heterocycles. The molecule has 80 valence electrons. The van der Waals surface area contributed by atoms with Crippen molar-refractivity contribution in [2.45, 2.75) is 25.9 Å². The van der Waals surface area contributed by atoms with Gasteiger partial charge in [-0.1, -0.05) is 19.1 Å². The molecule has 0 saturated heterocycles. The fourth-order valence-electron chi connectivity index (χ4n) is 1.60. The molecule has 0 radical (unpaired) electrons. The van der Waals surface area contributed by atoms with E-state index in [9.17, 15) is 5.11 Å². The lowest BCUT2D eigenvalue weighted by Gasteiger charge is -2.28. The minimum atomic E-state index is -1.06. The molecule has 1 rings (SSSR count). The van der Waals surface area contributed by atoms with E-state index in [-0.39, 0.29) is 5.92 Å². The number of nitriles is 1. The first-order chi connectivity index (χ1) is 7.02. The number of rotatable bonds is 3. The predicted molar refractivity (Wildman–Crippen MR) is 68.1 cm³/mol. The number of hydrogen-bond donors (Lipinski definition) is 1. The van der Waals surface area contributed by atoms with Crippen molar-refractivity contribution in [3.8, 4) is 6.07 Å². The van der Waals surface area contributed by atoms with Gasteiger partial charge in [0.25, 0.3) is 0 Å². The standard InChI is InChI=1S/C12H14INO/c1-3-9(8-14)12(2,15)10-4-6-11(13)7-5-10/h4-7,9,15H,3H2,1-2H3. The van der Waals surface area contributed by atoms with Crippen LogP contribution < -0.4 is 0 Å². The van der Waals surface area contributed by atoms with Gasteiger partial charge in [0.2, 0.25) is 0 Å². The monoisotopic (exact) mass is 315 g/mol. The molecule has 2 unspecified atom stereocenters. The van der Waals surface area contributed by atoms with Crippen LogP contribution in [0.5, 0.6) is 0 Å². The highest BCUT2D eigenvalue weighted by molar-refractivity contribution is 14.1. The average molecular weight is 315 g/mol. The molecule has 0 aliphatic heterocycles. The van der Waals surface area contributed by atoms with E-state index in [1.807, 2.05) is 31.2 Å². The third-order valence-corrected chi connectivity index (χ3v) is 3.39. The summed E-state index contributed by atoms with van der Waals surface area (Å²) in [5.74, 6) is -0.363. The van der Waals surface area contributed by atoms with E-state index in [0.717, 1.165) is 9.13 Å². The first-order valence-corrected chi connectivity index (χ1v) is 5.98. The summed E-state index contributed by atoms with van der Waals surface area (Å²) in [7, 11) is 0. The van der Waals surface area contributed by atoms with Crippen LogP contribution in [0.4, 0.5) is 0 Å². The summed E-state index contributed by atoms with van der Waals surface area (Å²) >= 11 is 2.21. The Morgan fingerprint density at radius 3 is 2.40 bits per heavy atom. The van der Waals surface area contributed by atoms with Gasteiger partial charge in [0.15, 0.2) is 0 Å². The van der Waals surface area contributed by atoms with Gasteiger partial charge in [-0.3, -0.25) is 0 Å². The lowest BCUT2D eigenvalue weighted by atomic mass is 9.82. The summed E-state index contributed by atoms with van der Waals surface area (Å²) in [6, 6.07) is 9.78. The molecule has 0 aliphatic rings. The highest BCUT2D eigenvalue weighted by atomic mass is 127. The Balaban J connectivity index is 3.05. The number of halogens is 1. The van der Waals surface area contributed by atoms with Gasteiger partial charge < -0.3 is 5.11 Å². The van der Waals surface area contributed by atoms with Crippen LogP contribution in [0.1, 0.15) is 25.8 Å². The highest BCUT2D eigenvalue weighted by Gasteiger charge is 2.32. The molecule has 2 nitrogen and oxygen atoms in total. The van der Waals surface area contributed by atoms with Gasteiger partial charge in [-0.25, -0.2) is 0 Å². The summed E-state index contributed by atoms with van der Waals surface area (Å²) in [6.45, 7) is 3.61. The summed E-state index contributed by atoms with van der Waals surface area (Å²) in [4.78, 5) is 0. The molecule has 0 amide bonds. The molecule has 3 heteroatoms. The second kappa shape index (κ2) is 4.95. The highest BCUT2D eigenvalue weighted by Crippen LogP contribution is 2.31. The van der Waals surface area contributed by atoms with E-state index in [0.29, 0.717) is 6.42 Å². The SMILES string of the molecule is CCC(C#N)C(C)(O)c1ccc(I)cc1. The third-order valence-electron chi connectivity index (χ3n) is 2.67. The quantitative estimate of drug-likeness (QED) is 0.871. The van der Waals surface area contributed by atoms with Crippen LogP contribution in [0, 0.1) is 20.8 Å². The van der Waals surface area contributed by atoms with Gasteiger partial charge in [-0.2, -0.15) is 5.26 Å². The zero-order valence-electron chi connectivity index (χ0n) is 8.87. The van der Waals surface area contributed by atoms with Crippen LogP contribution in [0.2, 0.25) is 0 Å². The molecule has 0 aliphatic carbocycles. The number of hydrogen-bond acceptors (Lipinski definition) is 2. The maximum absolute atomic E-state index is 10.3. The van der Waals surface area contributed by atoms with E-state index >= 15 is 0 Å². The fraction of sp³-hybridized carbons (Fsp3) is 0.417. The van der Waals surface area contributed by atoms with Crippen molar-refractivity contribution < 1.29 is 5.11 Å². The molecular formula is C12H14INO. The maximum atomic E-state index is 10.3.